The van der Waals surface area contributed by atoms with Crippen molar-refractivity contribution in [1.29, 1.82) is 0 Å². The van der Waals surface area contributed by atoms with Gasteiger partial charge in [0, 0.05) is 33.5 Å². The summed E-state index contributed by atoms with van der Waals surface area (Å²) in [6.45, 7) is 7.62. The van der Waals surface area contributed by atoms with Crippen LogP contribution in [0.25, 0.3) is 11.4 Å². The van der Waals surface area contributed by atoms with Gasteiger partial charge in [-0.3, -0.25) is 0 Å². The van der Waals surface area contributed by atoms with Crippen LogP contribution in [0.2, 0.25) is 0 Å². The molecule has 1 aromatic heterocycles. The lowest BCUT2D eigenvalue weighted by Gasteiger charge is -2.12. The summed E-state index contributed by atoms with van der Waals surface area (Å²) in [6.07, 6.45) is 0. The predicted octanol–water partition coefficient (Wildman–Crippen LogP) is 3.77. The Kier molecular flexibility index (Phi) is 4.83. The van der Waals surface area contributed by atoms with Gasteiger partial charge in [-0.05, 0) is 38.6 Å². The van der Waals surface area contributed by atoms with E-state index in [4.69, 9.17) is 0 Å². The quantitative estimate of drug-likeness (QED) is 0.922. The fraction of sp³-hybridized carbons (Fsp3) is 0.333. The molecule has 2 rings (SSSR count). The highest BCUT2D eigenvalue weighted by Gasteiger charge is 2.12. The van der Waals surface area contributed by atoms with Gasteiger partial charge in [0.15, 0.2) is 5.82 Å². The van der Waals surface area contributed by atoms with E-state index < -0.39 is 0 Å². The van der Waals surface area contributed by atoms with Gasteiger partial charge in [-0.15, -0.1) is 0 Å². The van der Waals surface area contributed by atoms with Crippen molar-refractivity contribution in [3.63, 3.8) is 0 Å². The molecule has 1 heterocycles. The molecule has 0 radical (unpaired) electrons. The molecule has 0 aliphatic heterocycles. The second-order valence-corrected chi connectivity index (χ2v) is 5.46. The van der Waals surface area contributed by atoms with Crippen molar-refractivity contribution in [2.75, 3.05) is 6.54 Å². The highest BCUT2D eigenvalue weighted by atomic mass is 79.9. The van der Waals surface area contributed by atoms with Crippen molar-refractivity contribution in [2.45, 2.75) is 27.3 Å². The van der Waals surface area contributed by atoms with Crippen molar-refractivity contribution >= 4 is 15.9 Å². The Balaban J connectivity index is 2.46. The Morgan fingerprint density at radius 2 is 1.85 bits per heavy atom. The van der Waals surface area contributed by atoms with E-state index in [9.17, 15) is 4.39 Å². The molecule has 3 nitrogen and oxygen atoms in total. The number of hydrogen-bond acceptors (Lipinski definition) is 3. The molecule has 5 heteroatoms. The summed E-state index contributed by atoms with van der Waals surface area (Å²) < 4.78 is 14.2. The lowest BCUT2D eigenvalue weighted by Crippen LogP contribution is -2.15. The maximum Gasteiger partial charge on any atom is 0.160 e. The van der Waals surface area contributed by atoms with Gasteiger partial charge < -0.3 is 5.32 Å². The molecule has 1 aromatic carbocycles. The number of nitrogens with one attached hydrogen (secondary N) is 1. The maximum atomic E-state index is 13.4. The number of benzene rings is 1. The summed E-state index contributed by atoms with van der Waals surface area (Å²) in [4.78, 5) is 9.02. The molecular weight excluding hydrogens is 321 g/mol. The Labute approximate surface area is 126 Å². The first-order chi connectivity index (χ1) is 9.52. The Morgan fingerprint density at radius 3 is 2.45 bits per heavy atom. The number of rotatable bonds is 4. The summed E-state index contributed by atoms with van der Waals surface area (Å²) in [5.74, 6) is 0.255. The zero-order valence-corrected chi connectivity index (χ0v) is 13.4. The Morgan fingerprint density at radius 1 is 1.20 bits per heavy atom. The van der Waals surface area contributed by atoms with Gasteiger partial charge in [-0.2, -0.15) is 0 Å². The summed E-state index contributed by atoms with van der Waals surface area (Å²) >= 11 is 3.42. The van der Waals surface area contributed by atoms with Gasteiger partial charge in [0.05, 0.1) is 0 Å². The summed E-state index contributed by atoms with van der Waals surface area (Å²) in [6, 6.07) is 4.53. The molecule has 0 aliphatic rings. The average Bonchev–Trinajstić information content (AvgIpc) is 2.40. The van der Waals surface area contributed by atoms with Crippen LogP contribution in [-0.2, 0) is 6.54 Å². The third kappa shape index (κ3) is 3.22. The van der Waals surface area contributed by atoms with Crippen LogP contribution in [0.5, 0.6) is 0 Å². The van der Waals surface area contributed by atoms with Gasteiger partial charge in [0.1, 0.15) is 5.82 Å². The molecule has 0 unspecified atom stereocenters. The minimum atomic E-state index is -0.293. The standard InChI is InChI=1S/C15H17BrFN3/c1-4-18-8-13-9(2)19-15(20-10(13)3)12-7-11(17)5-6-14(12)16/h5-7,18H,4,8H2,1-3H3. The van der Waals surface area contributed by atoms with E-state index in [2.05, 4.69) is 38.1 Å². The van der Waals surface area contributed by atoms with Crippen LogP contribution in [0.15, 0.2) is 22.7 Å². The predicted molar refractivity (Wildman–Crippen MR) is 82.0 cm³/mol. The largest absolute Gasteiger partial charge is 0.313 e. The van der Waals surface area contributed by atoms with Crippen molar-refractivity contribution < 1.29 is 4.39 Å². The molecule has 2 aromatic rings. The minimum absolute atomic E-state index is 0.293. The van der Waals surface area contributed by atoms with Crippen LogP contribution in [0.4, 0.5) is 4.39 Å². The van der Waals surface area contributed by atoms with E-state index >= 15 is 0 Å². The third-order valence-electron chi connectivity index (χ3n) is 3.14. The normalized spacial score (nSPS) is 10.8. The van der Waals surface area contributed by atoms with Crippen molar-refractivity contribution in [1.82, 2.24) is 15.3 Å². The van der Waals surface area contributed by atoms with Gasteiger partial charge in [-0.1, -0.05) is 22.9 Å². The number of aryl methyl sites for hydroxylation is 2. The summed E-state index contributed by atoms with van der Waals surface area (Å²) in [7, 11) is 0. The van der Waals surface area contributed by atoms with E-state index in [1.165, 1.54) is 12.1 Å². The third-order valence-corrected chi connectivity index (χ3v) is 3.83. The highest BCUT2D eigenvalue weighted by molar-refractivity contribution is 9.10. The van der Waals surface area contributed by atoms with E-state index in [-0.39, 0.29) is 5.82 Å². The van der Waals surface area contributed by atoms with Crippen molar-refractivity contribution in [3.8, 4) is 11.4 Å². The second-order valence-electron chi connectivity index (χ2n) is 4.60. The maximum absolute atomic E-state index is 13.4. The molecular formula is C15H17BrFN3. The van der Waals surface area contributed by atoms with Gasteiger partial charge >= 0.3 is 0 Å². The van der Waals surface area contributed by atoms with Crippen LogP contribution in [0, 0.1) is 19.7 Å². The topological polar surface area (TPSA) is 37.8 Å². The number of nitrogens with zero attached hydrogens (tertiary/aromatic N) is 2. The monoisotopic (exact) mass is 337 g/mol. The molecule has 0 aliphatic carbocycles. The first kappa shape index (κ1) is 15.1. The molecule has 0 amide bonds. The zero-order chi connectivity index (χ0) is 14.7. The van der Waals surface area contributed by atoms with E-state index in [0.29, 0.717) is 11.4 Å². The number of halogens is 2. The smallest absolute Gasteiger partial charge is 0.160 e. The Hall–Kier alpha value is -1.33. The molecule has 1 N–H and O–H groups in total. The first-order valence-corrected chi connectivity index (χ1v) is 7.32. The molecule has 0 spiro atoms. The van der Waals surface area contributed by atoms with E-state index in [1.54, 1.807) is 6.07 Å². The zero-order valence-electron chi connectivity index (χ0n) is 11.8. The van der Waals surface area contributed by atoms with Crippen LogP contribution in [-0.4, -0.2) is 16.5 Å². The van der Waals surface area contributed by atoms with Crippen LogP contribution in [0.1, 0.15) is 23.9 Å². The van der Waals surface area contributed by atoms with Crippen LogP contribution >= 0.6 is 15.9 Å². The number of aromatic nitrogens is 2. The van der Waals surface area contributed by atoms with Gasteiger partial charge in [0.2, 0.25) is 0 Å². The molecule has 0 saturated carbocycles. The fourth-order valence-electron chi connectivity index (χ4n) is 2.03. The van der Waals surface area contributed by atoms with E-state index in [0.717, 1.165) is 34.5 Å². The van der Waals surface area contributed by atoms with Crippen molar-refractivity contribution in [3.05, 3.63) is 45.4 Å². The minimum Gasteiger partial charge on any atom is -0.313 e. The fourth-order valence-corrected chi connectivity index (χ4v) is 2.46. The van der Waals surface area contributed by atoms with Gasteiger partial charge in [0.25, 0.3) is 0 Å². The molecule has 0 atom stereocenters. The van der Waals surface area contributed by atoms with Gasteiger partial charge in [-0.25, -0.2) is 14.4 Å². The molecule has 106 valence electrons. The Bertz CT molecular complexity index is 606. The lowest BCUT2D eigenvalue weighted by atomic mass is 10.1. The van der Waals surface area contributed by atoms with Crippen molar-refractivity contribution in [2.24, 2.45) is 0 Å². The number of hydrogen-bond donors (Lipinski definition) is 1. The van der Waals surface area contributed by atoms with E-state index in [1.807, 2.05) is 13.8 Å². The summed E-state index contributed by atoms with van der Waals surface area (Å²) in [5.41, 5.74) is 3.61. The molecule has 0 saturated heterocycles. The SMILES string of the molecule is CCNCc1c(C)nc(-c2cc(F)ccc2Br)nc1C. The first-order valence-electron chi connectivity index (χ1n) is 6.53. The average molecular weight is 338 g/mol. The van der Waals surface area contributed by atoms with Crippen LogP contribution < -0.4 is 5.32 Å². The second kappa shape index (κ2) is 6.41. The molecule has 0 bridgehead atoms. The summed E-state index contributed by atoms with van der Waals surface area (Å²) in [5, 5.41) is 3.28. The molecule has 0 fully saturated rings. The lowest BCUT2D eigenvalue weighted by molar-refractivity contribution is 0.628. The molecule has 20 heavy (non-hydrogen) atoms. The highest BCUT2D eigenvalue weighted by Crippen LogP contribution is 2.27. The van der Waals surface area contributed by atoms with Crippen LogP contribution in [0.3, 0.4) is 0 Å².